The molecule has 118 valence electrons. The van der Waals surface area contributed by atoms with E-state index in [0.717, 1.165) is 0 Å². The topological polar surface area (TPSA) is 115 Å². The Morgan fingerprint density at radius 3 is 1.64 bits per heavy atom. The predicted octanol–water partition coefficient (Wildman–Crippen LogP) is 4.42. The summed E-state index contributed by atoms with van der Waals surface area (Å²) in [6, 6.07) is 17.0. The average Bonchev–Trinajstić information content (AvgIpc) is 2.42. The molecule has 6 heteroatoms. The van der Waals surface area contributed by atoms with Gasteiger partial charge in [-0.25, -0.2) is 9.59 Å². The zero-order valence-corrected chi connectivity index (χ0v) is 12.2. The molecule has 0 fully saturated rings. The highest BCUT2D eigenvalue weighted by atomic mass is 16.6. The highest BCUT2D eigenvalue weighted by Gasteiger charge is 2.01. The van der Waals surface area contributed by atoms with Crippen LogP contribution in [0.2, 0.25) is 0 Å². The largest absolute Gasteiger partial charge is 0.503 e. The van der Waals surface area contributed by atoms with E-state index in [1.165, 1.54) is 22.3 Å². The van der Waals surface area contributed by atoms with Gasteiger partial charge in [0.25, 0.3) is 0 Å². The molecule has 0 aliphatic rings. The molecule has 6 nitrogen and oxygen atoms in total. The van der Waals surface area contributed by atoms with Crippen LogP contribution in [0.25, 0.3) is 11.1 Å². The van der Waals surface area contributed by atoms with Gasteiger partial charge in [-0.1, -0.05) is 48.5 Å². The molecule has 0 unspecified atom stereocenters. The Bertz CT molecular complexity index is 587. The van der Waals surface area contributed by atoms with E-state index in [9.17, 15) is 0 Å². The normalized spacial score (nSPS) is 8.64. The van der Waals surface area contributed by atoms with Crippen LogP contribution in [0.5, 0.6) is 0 Å². The second-order valence-corrected chi connectivity index (χ2v) is 4.18. The summed E-state index contributed by atoms with van der Waals surface area (Å²) in [7, 11) is 0. The third kappa shape index (κ3) is 8.21. The Labute approximate surface area is 127 Å². The van der Waals surface area contributed by atoms with Crippen molar-refractivity contribution in [3.63, 3.8) is 0 Å². The zero-order valence-electron chi connectivity index (χ0n) is 12.2. The molecule has 0 radical (unpaired) electrons. The van der Waals surface area contributed by atoms with Gasteiger partial charge in [-0.3, -0.25) is 0 Å². The van der Waals surface area contributed by atoms with Crippen LogP contribution >= 0.6 is 0 Å². The van der Waals surface area contributed by atoms with E-state index in [4.69, 9.17) is 30.0 Å². The number of carboxylic acid groups (broad SMARTS) is 4. The summed E-state index contributed by atoms with van der Waals surface area (Å²) in [6.45, 7) is 4.33. The molecule has 0 aliphatic heterocycles. The number of benzene rings is 2. The fourth-order valence-corrected chi connectivity index (χ4v) is 1.68. The van der Waals surface area contributed by atoms with E-state index in [0.29, 0.717) is 0 Å². The summed E-state index contributed by atoms with van der Waals surface area (Å²) in [5, 5.41) is 27.9. The lowest BCUT2D eigenvalue weighted by Crippen LogP contribution is -1.85. The maximum absolute atomic E-state index is 8.56. The van der Waals surface area contributed by atoms with Gasteiger partial charge in [0, 0.05) is 0 Å². The molecule has 0 bridgehead atoms. The number of hydrogen-bond donors (Lipinski definition) is 4. The van der Waals surface area contributed by atoms with E-state index in [-0.39, 0.29) is 0 Å². The lowest BCUT2D eigenvalue weighted by atomic mass is 9.97. The summed E-state index contributed by atoms with van der Waals surface area (Å²) in [4.78, 5) is 17.1. The fraction of sp³-hybridized carbons (Fsp3) is 0.125. The minimum atomic E-state index is -1.83. The van der Waals surface area contributed by atoms with Gasteiger partial charge in [0.15, 0.2) is 0 Å². The van der Waals surface area contributed by atoms with Gasteiger partial charge >= 0.3 is 12.3 Å². The zero-order chi connectivity index (χ0) is 17.1. The molecule has 2 rings (SSSR count). The SMILES string of the molecule is Cc1cccc(-c2ccccc2)c1C.O=C(O)O.O=C(O)O. The molecule has 0 aromatic heterocycles. The summed E-state index contributed by atoms with van der Waals surface area (Å²) < 4.78 is 0. The van der Waals surface area contributed by atoms with E-state index in [2.05, 4.69) is 62.4 Å². The van der Waals surface area contributed by atoms with Gasteiger partial charge in [0.2, 0.25) is 0 Å². The van der Waals surface area contributed by atoms with Crippen molar-refractivity contribution in [3.05, 3.63) is 59.7 Å². The molecule has 0 heterocycles. The predicted molar refractivity (Wildman–Crippen MR) is 82.7 cm³/mol. The lowest BCUT2D eigenvalue weighted by molar-refractivity contribution is 0.135. The number of aryl methyl sites for hydroxylation is 1. The van der Waals surface area contributed by atoms with Gasteiger partial charge in [-0.05, 0) is 36.1 Å². The van der Waals surface area contributed by atoms with Crippen LogP contribution in [0, 0.1) is 13.8 Å². The fourth-order valence-electron chi connectivity index (χ4n) is 1.68. The Balaban J connectivity index is 0.000000464. The van der Waals surface area contributed by atoms with Gasteiger partial charge in [-0.15, -0.1) is 0 Å². The van der Waals surface area contributed by atoms with Crippen LogP contribution < -0.4 is 0 Å². The molecule has 4 N–H and O–H groups in total. The summed E-state index contributed by atoms with van der Waals surface area (Å²) in [6.07, 6.45) is -3.67. The second kappa shape index (κ2) is 9.82. The highest BCUT2D eigenvalue weighted by Crippen LogP contribution is 2.24. The molecule has 0 saturated heterocycles. The number of rotatable bonds is 1. The lowest BCUT2D eigenvalue weighted by Gasteiger charge is -2.07. The minimum Gasteiger partial charge on any atom is -0.450 e. The minimum absolute atomic E-state index is 1.30. The van der Waals surface area contributed by atoms with Crippen molar-refractivity contribution in [3.8, 4) is 11.1 Å². The quantitative estimate of drug-likeness (QED) is 0.620. The standard InChI is InChI=1S/C14H14.2CH2O3/c1-11-7-6-10-14(12(11)2)13-8-4-3-5-9-13;2*2-1(3)4/h3-10H,1-2H3;2*(H2,2,3,4). The molecular weight excluding hydrogens is 288 g/mol. The maximum atomic E-state index is 8.56. The maximum Gasteiger partial charge on any atom is 0.503 e. The van der Waals surface area contributed by atoms with Crippen LogP contribution in [-0.4, -0.2) is 32.7 Å². The molecule has 0 spiro atoms. The van der Waals surface area contributed by atoms with Crippen LogP contribution in [0.4, 0.5) is 9.59 Å². The molecule has 22 heavy (non-hydrogen) atoms. The number of carbonyl (C=O) groups is 2. The summed E-state index contributed by atoms with van der Waals surface area (Å²) in [5.41, 5.74) is 5.37. The van der Waals surface area contributed by atoms with E-state index in [1.807, 2.05) is 0 Å². The van der Waals surface area contributed by atoms with Crippen LogP contribution in [0.1, 0.15) is 11.1 Å². The first-order valence-corrected chi connectivity index (χ1v) is 6.21. The first kappa shape index (κ1) is 19.0. The van der Waals surface area contributed by atoms with Crippen molar-refractivity contribution in [2.75, 3.05) is 0 Å². The van der Waals surface area contributed by atoms with Gasteiger partial charge in [0.05, 0.1) is 0 Å². The van der Waals surface area contributed by atoms with Crippen LogP contribution in [0.15, 0.2) is 48.5 Å². The highest BCUT2D eigenvalue weighted by molar-refractivity contribution is 5.68. The molecular formula is C16H18O6. The Kier molecular flexibility index (Phi) is 8.47. The molecule has 0 atom stereocenters. The molecule has 0 saturated carbocycles. The molecule has 0 amide bonds. The van der Waals surface area contributed by atoms with Gasteiger partial charge in [-0.2, -0.15) is 0 Å². The first-order chi connectivity index (χ1) is 10.3. The molecule has 2 aromatic carbocycles. The van der Waals surface area contributed by atoms with Gasteiger partial charge in [0.1, 0.15) is 0 Å². The van der Waals surface area contributed by atoms with E-state index in [1.54, 1.807) is 0 Å². The Morgan fingerprint density at radius 2 is 1.18 bits per heavy atom. The third-order valence-corrected chi connectivity index (χ3v) is 2.69. The van der Waals surface area contributed by atoms with Crippen molar-refractivity contribution < 1.29 is 30.0 Å². The molecule has 0 aliphatic carbocycles. The first-order valence-electron chi connectivity index (χ1n) is 6.21. The monoisotopic (exact) mass is 306 g/mol. The number of hydrogen-bond acceptors (Lipinski definition) is 2. The Hall–Kier alpha value is -3.02. The second-order valence-electron chi connectivity index (χ2n) is 4.18. The van der Waals surface area contributed by atoms with Crippen LogP contribution in [0.3, 0.4) is 0 Å². The van der Waals surface area contributed by atoms with E-state index < -0.39 is 12.3 Å². The molecule has 2 aromatic rings. The Morgan fingerprint density at radius 1 is 0.727 bits per heavy atom. The smallest absolute Gasteiger partial charge is 0.450 e. The summed E-state index contributed by atoms with van der Waals surface area (Å²) >= 11 is 0. The van der Waals surface area contributed by atoms with Crippen LogP contribution in [-0.2, 0) is 0 Å². The van der Waals surface area contributed by atoms with Gasteiger partial charge < -0.3 is 20.4 Å². The third-order valence-electron chi connectivity index (χ3n) is 2.69. The van der Waals surface area contributed by atoms with Crippen molar-refractivity contribution in [1.29, 1.82) is 0 Å². The van der Waals surface area contributed by atoms with Crippen molar-refractivity contribution in [1.82, 2.24) is 0 Å². The van der Waals surface area contributed by atoms with Crippen molar-refractivity contribution >= 4 is 12.3 Å². The van der Waals surface area contributed by atoms with E-state index >= 15 is 0 Å². The average molecular weight is 306 g/mol. The summed E-state index contributed by atoms with van der Waals surface area (Å²) in [5.74, 6) is 0. The van der Waals surface area contributed by atoms with Crippen molar-refractivity contribution in [2.45, 2.75) is 13.8 Å². The van der Waals surface area contributed by atoms with Crippen molar-refractivity contribution in [2.24, 2.45) is 0 Å².